The number of pyridine rings is 1. The molecule has 0 spiro atoms. The van der Waals surface area contributed by atoms with Gasteiger partial charge in [-0.2, -0.15) is 0 Å². The van der Waals surface area contributed by atoms with Crippen molar-refractivity contribution in [1.29, 1.82) is 0 Å². The smallest absolute Gasteiger partial charge is 0.185 e. The Morgan fingerprint density at radius 3 is 2.65 bits per heavy atom. The highest BCUT2D eigenvalue weighted by Crippen LogP contribution is 2.03. The zero-order valence-corrected chi connectivity index (χ0v) is 10.6. The molecule has 0 aromatic carbocycles. The largest absolute Gasteiger partial charge is 0.293 e. The maximum Gasteiger partial charge on any atom is 0.185 e. The van der Waals surface area contributed by atoms with Crippen LogP contribution in [0.1, 0.15) is 36.3 Å². The number of Topliss-reactive ketones (excluding diaryl/α,β-unsaturated/α-hetero) is 1. The molecule has 1 rings (SSSR count). The van der Waals surface area contributed by atoms with Crippen LogP contribution in [0.4, 0.5) is 0 Å². The zero-order chi connectivity index (χ0) is 12.7. The standard InChI is InChI=1S/C13H13NO2S/c1-10(15)13-7-6-12(9-14-13)5-3-4-8-17-11(2)16/h6-7,9H,4,8H2,1-2H3. The summed E-state index contributed by atoms with van der Waals surface area (Å²) in [6.45, 7) is 3.02. The Kier molecular flexibility index (Phi) is 5.44. The number of thioether (sulfide) groups is 1. The molecule has 0 saturated heterocycles. The van der Waals surface area contributed by atoms with Crippen LogP contribution in [0.15, 0.2) is 18.3 Å². The van der Waals surface area contributed by atoms with Crippen LogP contribution in [0.25, 0.3) is 0 Å². The predicted octanol–water partition coefficient (Wildman–Crippen LogP) is 2.31. The first-order valence-electron chi connectivity index (χ1n) is 5.19. The van der Waals surface area contributed by atoms with Crippen molar-refractivity contribution in [2.45, 2.75) is 20.3 Å². The van der Waals surface area contributed by atoms with Gasteiger partial charge in [0.1, 0.15) is 5.69 Å². The van der Waals surface area contributed by atoms with Crippen molar-refractivity contribution in [3.63, 3.8) is 0 Å². The van der Waals surface area contributed by atoms with E-state index in [9.17, 15) is 9.59 Å². The maximum absolute atomic E-state index is 11.0. The van der Waals surface area contributed by atoms with E-state index in [4.69, 9.17) is 0 Å². The molecule has 1 aromatic heterocycles. The van der Waals surface area contributed by atoms with Gasteiger partial charge in [-0.1, -0.05) is 23.6 Å². The first-order chi connectivity index (χ1) is 8.09. The van der Waals surface area contributed by atoms with E-state index in [1.807, 2.05) is 0 Å². The van der Waals surface area contributed by atoms with E-state index < -0.39 is 0 Å². The third kappa shape index (κ3) is 5.32. The van der Waals surface area contributed by atoms with Gasteiger partial charge in [0, 0.05) is 37.8 Å². The average molecular weight is 247 g/mol. The van der Waals surface area contributed by atoms with E-state index in [1.54, 1.807) is 25.3 Å². The second kappa shape index (κ2) is 6.87. The Morgan fingerprint density at radius 2 is 2.12 bits per heavy atom. The SMILES string of the molecule is CC(=O)SCCC#Cc1ccc(C(C)=O)nc1. The molecule has 0 aliphatic carbocycles. The molecular formula is C13H13NO2S. The van der Waals surface area contributed by atoms with Crippen LogP contribution >= 0.6 is 11.8 Å². The highest BCUT2D eigenvalue weighted by Gasteiger charge is 1.98. The quantitative estimate of drug-likeness (QED) is 0.467. The first-order valence-corrected chi connectivity index (χ1v) is 6.17. The van der Waals surface area contributed by atoms with Gasteiger partial charge in [0.2, 0.25) is 0 Å². The summed E-state index contributed by atoms with van der Waals surface area (Å²) in [5, 5.41) is 0.110. The monoisotopic (exact) mass is 247 g/mol. The molecular weight excluding hydrogens is 234 g/mol. The fraction of sp³-hybridized carbons (Fsp3) is 0.308. The van der Waals surface area contributed by atoms with Crippen LogP contribution in [0.2, 0.25) is 0 Å². The second-order valence-electron chi connectivity index (χ2n) is 3.38. The fourth-order valence-corrected chi connectivity index (χ4v) is 1.58. The number of carbonyl (C=O) groups is 2. The van der Waals surface area contributed by atoms with Gasteiger partial charge < -0.3 is 0 Å². The molecule has 17 heavy (non-hydrogen) atoms. The Hall–Kier alpha value is -1.60. The van der Waals surface area contributed by atoms with Crippen LogP contribution in [-0.2, 0) is 4.79 Å². The van der Waals surface area contributed by atoms with Gasteiger partial charge >= 0.3 is 0 Å². The summed E-state index contributed by atoms with van der Waals surface area (Å²) in [6.07, 6.45) is 2.25. The van der Waals surface area contributed by atoms with Crippen molar-refractivity contribution in [2.24, 2.45) is 0 Å². The molecule has 0 radical (unpaired) electrons. The van der Waals surface area contributed by atoms with E-state index in [2.05, 4.69) is 16.8 Å². The lowest BCUT2D eigenvalue weighted by atomic mass is 10.2. The third-order valence-corrected chi connectivity index (χ3v) is 2.70. The van der Waals surface area contributed by atoms with Gasteiger partial charge in [-0.25, -0.2) is 0 Å². The van der Waals surface area contributed by atoms with Crippen molar-refractivity contribution in [1.82, 2.24) is 4.98 Å². The number of hydrogen-bond acceptors (Lipinski definition) is 4. The van der Waals surface area contributed by atoms with Crippen LogP contribution < -0.4 is 0 Å². The molecule has 3 nitrogen and oxygen atoms in total. The van der Waals surface area contributed by atoms with Crippen LogP contribution in [0.5, 0.6) is 0 Å². The average Bonchev–Trinajstić information content (AvgIpc) is 2.29. The van der Waals surface area contributed by atoms with E-state index >= 15 is 0 Å². The Bertz CT molecular complexity index is 468. The number of nitrogens with zero attached hydrogens (tertiary/aromatic N) is 1. The van der Waals surface area contributed by atoms with E-state index in [0.29, 0.717) is 17.9 Å². The number of carbonyl (C=O) groups excluding carboxylic acids is 2. The molecule has 88 valence electrons. The molecule has 0 N–H and O–H groups in total. The number of hydrogen-bond donors (Lipinski definition) is 0. The minimum Gasteiger partial charge on any atom is -0.293 e. The van der Waals surface area contributed by atoms with Crippen LogP contribution in [0.3, 0.4) is 0 Å². The van der Waals surface area contributed by atoms with Gasteiger partial charge in [-0.15, -0.1) is 0 Å². The van der Waals surface area contributed by atoms with E-state index in [0.717, 1.165) is 5.56 Å². The normalized spacial score (nSPS) is 9.29. The van der Waals surface area contributed by atoms with Crippen LogP contribution in [0, 0.1) is 11.8 Å². The molecule has 0 saturated carbocycles. The summed E-state index contributed by atoms with van der Waals surface area (Å²) in [6, 6.07) is 3.44. The predicted molar refractivity (Wildman–Crippen MR) is 68.9 cm³/mol. The maximum atomic E-state index is 11.0. The number of aromatic nitrogens is 1. The van der Waals surface area contributed by atoms with Gasteiger partial charge in [-0.3, -0.25) is 14.6 Å². The van der Waals surface area contributed by atoms with Crippen molar-refractivity contribution in [2.75, 3.05) is 5.75 Å². The Labute approximate surface area is 105 Å². The Balaban J connectivity index is 2.49. The van der Waals surface area contributed by atoms with Crippen molar-refractivity contribution in [3.05, 3.63) is 29.6 Å². The molecule has 0 aliphatic rings. The van der Waals surface area contributed by atoms with Gasteiger partial charge in [0.05, 0.1) is 0 Å². The molecule has 0 unspecified atom stereocenters. The molecule has 0 atom stereocenters. The van der Waals surface area contributed by atoms with Gasteiger partial charge in [0.25, 0.3) is 0 Å². The highest BCUT2D eigenvalue weighted by molar-refractivity contribution is 8.13. The summed E-state index contributed by atoms with van der Waals surface area (Å²) in [7, 11) is 0. The van der Waals surface area contributed by atoms with Crippen molar-refractivity contribution >= 4 is 22.7 Å². The first kappa shape index (κ1) is 13.5. The number of ketones is 1. The number of rotatable bonds is 3. The molecule has 0 amide bonds. The second-order valence-corrected chi connectivity index (χ2v) is 4.65. The lowest BCUT2D eigenvalue weighted by molar-refractivity contribution is -0.109. The van der Waals surface area contributed by atoms with Gasteiger partial charge in [0.15, 0.2) is 10.9 Å². The molecule has 0 fully saturated rings. The minimum absolute atomic E-state index is 0.0534. The van der Waals surface area contributed by atoms with Crippen LogP contribution in [-0.4, -0.2) is 21.6 Å². The highest BCUT2D eigenvalue weighted by atomic mass is 32.2. The van der Waals surface area contributed by atoms with Gasteiger partial charge in [-0.05, 0) is 12.1 Å². The molecule has 4 heteroatoms. The fourth-order valence-electron chi connectivity index (χ4n) is 1.09. The molecule has 0 aliphatic heterocycles. The van der Waals surface area contributed by atoms with E-state index in [-0.39, 0.29) is 10.9 Å². The summed E-state index contributed by atoms with van der Waals surface area (Å²) >= 11 is 1.27. The summed E-state index contributed by atoms with van der Waals surface area (Å²) in [4.78, 5) is 25.6. The summed E-state index contributed by atoms with van der Waals surface area (Å²) < 4.78 is 0. The topological polar surface area (TPSA) is 47.0 Å². The summed E-state index contributed by atoms with van der Waals surface area (Å²) in [5.74, 6) is 6.55. The lowest BCUT2D eigenvalue weighted by Gasteiger charge is -1.93. The summed E-state index contributed by atoms with van der Waals surface area (Å²) in [5.41, 5.74) is 1.23. The molecule has 0 bridgehead atoms. The van der Waals surface area contributed by atoms with E-state index in [1.165, 1.54) is 18.7 Å². The van der Waals surface area contributed by atoms with Crippen molar-refractivity contribution in [3.8, 4) is 11.8 Å². The third-order valence-electron chi connectivity index (χ3n) is 1.89. The lowest BCUT2D eigenvalue weighted by Crippen LogP contribution is -1.95. The zero-order valence-electron chi connectivity index (χ0n) is 9.82. The minimum atomic E-state index is -0.0534. The molecule has 1 heterocycles. The Morgan fingerprint density at radius 1 is 1.35 bits per heavy atom. The van der Waals surface area contributed by atoms with Crippen molar-refractivity contribution < 1.29 is 9.59 Å². The molecule has 1 aromatic rings.